The molecule has 0 aliphatic carbocycles. The summed E-state index contributed by atoms with van der Waals surface area (Å²) in [6.45, 7) is 5.22. The smallest absolute Gasteiger partial charge is 0.146 e. The average molecular weight is 337 g/mol. The molecule has 6 heteroatoms. The van der Waals surface area contributed by atoms with E-state index in [9.17, 15) is 0 Å². The van der Waals surface area contributed by atoms with E-state index in [1.807, 2.05) is 4.57 Å². The van der Waals surface area contributed by atoms with Gasteiger partial charge in [0.15, 0.2) is 0 Å². The van der Waals surface area contributed by atoms with Gasteiger partial charge < -0.3 is 14.6 Å². The largest absolute Gasteiger partial charge is 0.493 e. The van der Waals surface area contributed by atoms with E-state index in [1.54, 1.807) is 6.33 Å². The van der Waals surface area contributed by atoms with Gasteiger partial charge in [-0.1, -0.05) is 15.9 Å². The van der Waals surface area contributed by atoms with Crippen LogP contribution in [0.15, 0.2) is 22.9 Å². The zero-order valence-corrected chi connectivity index (χ0v) is 13.0. The second kappa shape index (κ2) is 5.93. The van der Waals surface area contributed by atoms with E-state index in [0.29, 0.717) is 6.54 Å². The molecule has 0 radical (unpaired) electrons. The Morgan fingerprint density at radius 2 is 2.30 bits per heavy atom. The highest BCUT2D eigenvalue weighted by Crippen LogP contribution is 2.32. The van der Waals surface area contributed by atoms with Crippen LogP contribution >= 0.6 is 15.9 Å². The predicted molar refractivity (Wildman–Crippen MR) is 79.6 cm³/mol. The molecular formula is C14H17BrN4O. The van der Waals surface area contributed by atoms with Gasteiger partial charge in [0.05, 0.1) is 13.2 Å². The molecule has 1 aliphatic heterocycles. The van der Waals surface area contributed by atoms with Crippen LogP contribution in [0, 0.1) is 0 Å². The normalized spacial score (nSPS) is 13.3. The fraction of sp³-hybridized carbons (Fsp3) is 0.429. The maximum absolute atomic E-state index is 5.72. The summed E-state index contributed by atoms with van der Waals surface area (Å²) >= 11 is 3.56. The number of nitrogens with zero attached hydrogens (tertiary/aromatic N) is 3. The van der Waals surface area contributed by atoms with Gasteiger partial charge in [-0.05, 0) is 24.6 Å². The third kappa shape index (κ3) is 2.71. The van der Waals surface area contributed by atoms with Crippen molar-refractivity contribution in [2.75, 3.05) is 6.61 Å². The highest BCUT2D eigenvalue weighted by Gasteiger charge is 2.17. The maximum atomic E-state index is 5.72. The average Bonchev–Trinajstić information content (AvgIpc) is 3.06. The first-order chi connectivity index (χ1) is 9.78. The van der Waals surface area contributed by atoms with E-state index in [0.717, 1.165) is 42.2 Å². The Hall–Kier alpha value is -1.40. The molecule has 3 rings (SSSR count). The lowest BCUT2D eigenvalue weighted by Gasteiger charge is -2.10. The molecule has 0 bridgehead atoms. The minimum absolute atomic E-state index is 0.703. The lowest BCUT2D eigenvalue weighted by atomic mass is 10.1. The minimum atomic E-state index is 0.703. The van der Waals surface area contributed by atoms with Gasteiger partial charge in [0.25, 0.3) is 0 Å². The van der Waals surface area contributed by atoms with Crippen molar-refractivity contribution in [1.82, 2.24) is 20.1 Å². The monoisotopic (exact) mass is 336 g/mol. The summed E-state index contributed by atoms with van der Waals surface area (Å²) < 4.78 is 8.87. The number of aromatic nitrogens is 3. The van der Waals surface area contributed by atoms with Gasteiger partial charge in [-0.25, -0.2) is 0 Å². The number of rotatable bonds is 5. The number of aryl methyl sites for hydroxylation is 1. The van der Waals surface area contributed by atoms with E-state index in [2.05, 4.69) is 50.5 Å². The first-order valence-electron chi connectivity index (χ1n) is 6.79. The highest BCUT2D eigenvalue weighted by atomic mass is 79.9. The minimum Gasteiger partial charge on any atom is -0.493 e. The summed E-state index contributed by atoms with van der Waals surface area (Å²) in [4.78, 5) is 0. The van der Waals surface area contributed by atoms with Crippen molar-refractivity contribution in [2.24, 2.45) is 0 Å². The van der Waals surface area contributed by atoms with Crippen molar-refractivity contribution >= 4 is 15.9 Å². The standard InChI is InChI=1S/C14H17BrN4O/c1-2-19-9-17-18-13(19)8-16-7-11-6-12(15)5-10-3-4-20-14(10)11/h5-6,9,16H,2-4,7-8H2,1H3. The Bertz CT molecular complexity index is 611. The Morgan fingerprint density at radius 1 is 1.40 bits per heavy atom. The van der Waals surface area contributed by atoms with E-state index in [1.165, 1.54) is 11.1 Å². The summed E-state index contributed by atoms with van der Waals surface area (Å²) in [6.07, 6.45) is 2.75. The third-order valence-corrected chi connectivity index (χ3v) is 3.92. The molecule has 1 aliphatic rings. The molecule has 106 valence electrons. The van der Waals surface area contributed by atoms with E-state index < -0.39 is 0 Å². The Balaban J connectivity index is 1.67. The van der Waals surface area contributed by atoms with Crippen LogP contribution in [0.2, 0.25) is 0 Å². The van der Waals surface area contributed by atoms with Gasteiger partial charge in [-0.3, -0.25) is 0 Å². The number of benzene rings is 1. The number of nitrogens with one attached hydrogen (secondary N) is 1. The highest BCUT2D eigenvalue weighted by molar-refractivity contribution is 9.10. The van der Waals surface area contributed by atoms with Crippen LogP contribution in [0.5, 0.6) is 5.75 Å². The fourth-order valence-electron chi connectivity index (χ4n) is 2.47. The molecule has 1 N–H and O–H groups in total. The molecule has 1 aromatic heterocycles. The predicted octanol–water partition coefficient (Wildman–Crippen LogP) is 2.29. The molecule has 2 aromatic rings. The molecule has 0 unspecified atom stereocenters. The van der Waals surface area contributed by atoms with Gasteiger partial charge in [0.2, 0.25) is 0 Å². The van der Waals surface area contributed by atoms with Crippen molar-refractivity contribution in [3.63, 3.8) is 0 Å². The summed E-state index contributed by atoms with van der Waals surface area (Å²) in [6, 6.07) is 4.25. The van der Waals surface area contributed by atoms with Crippen molar-refractivity contribution < 1.29 is 4.74 Å². The van der Waals surface area contributed by atoms with Crippen molar-refractivity contribution in [1.29, 1.82) is 0 Å². The molecule has 0 fully saturated rings. The second-order valence-electron chi connectivity index (χ2n) is 4.79. The Morgan fingerprint density at radius 3 is 3.15 bits per heavy atom. The lowest BCUT2D eigenvalue weighted by Crippen LogP contribution is -2.17. The van der Waals surface area contributed by atoms with Crippen LogP contribution in [-0.4, -0.2) is 21.4 Å². The van der Waals surface area contributed by atoms with Crippen LogP contribution in [0.3, 0.4) is 0 Å². The van der Waals surface area contributed by atoms with Crippen molar-refractivity contribution in [3.8, 4) is 5.75 Å². The van der Waals surface area contributed by atoms with Gasteiger partial charge in [-0.2, -0.15) is 0 Å². The zero-order chi connectivity index (χ0) is 13.9. The van der Waals surface area contributed by atoms with E-state index in [-0.39, 0.29) is 0 Å². The molecule has 2 heterocycles. The molecule has 0 saturated carbocycles. The SMILES string of the molecule is CCn1cnnc1CNCc1cc(Br)cc2c1OCC2. The molecule has 0 atom stereocenters. The summed E-state index contributed by atoms with van der Waals surface area (Å²) in [7, 11) is 0. The summed E-state index contributed by atoms with van der Waals surface area (Å²) in [5.41, 5.74) is 2.47. The first-order valence-corrected chi connectivity index (χ1v) is 7.58. The molecule has 5 nitrogen and oxygen atoms in total. The Kier molecular flexibility index (Phi) is 4.03. The van der Waals surface area contributed by atoms with Crippen LogP contribution in [-0.2, 0) is 26.1 Å². The summed E-state index contributed by atoms with van der Waals surface area (Å²) in [5.74, 6) is 2.00. The number of ether oxygens (including phenoxy) is 1. The number of halogens is 1. The van der Waals surface area contributed by atoms with Gasteiger partial charge in [0.1, 0.15) is 17.9 Å². The van der Waals surface area contributed by atoms with Gasteiger partial charge in [-0.15, -0.1) is 10.2 Å². The Labute approximate surface area is 126 Å². The molecule has 0 saturated heterocycles. The number of fused-ring (bicyclic) bond motifs is 1. The topological polar surface area (TPSA) is 52.0 Å². The van der Waals surface area contributed by atoms with Gasteiger partial charge >= 0.3 is 0 Å². The quantitative estimate of drug-likeness (QED) is 0.910. The van der Waals surface area contributed by atoms with Crippen molar-refractivity contribution in [3.05, 3.63) is 39.9 Å². The van der Waals surface area contributed by atoms with Crippen molar-refractivity contribution in [2.45, 2.75) is 33.0 Å². The molecular weight excluding hydrogens is 320 g/mol. The number of hydrogen-bond acceptors (Lipinski definition) is 4. The van der Waals surface area contributed by atoms with Gasteiger partial charge in [0, 0.05) is 29.5 Å². The van der Waals surface area contributed by atoms with E-state index >= 15 is 0 Å². The zero-order valence-electron chi connectivity index (χ0n) is 11.4. The first kappa shape index (κ1) is 13.6. The number of hydrogen-bond donors (Lipinski definition) is 1. The third-order valence-electron chi connectivity index (χ3n) is 3.46. The van der Waals surface area contributed by atoms with Crippen LogP contribution in [0.4, 0.5) is 0 Å². The van der Waals surface area contributed by atoms with E-state index in [4.69, 9.17) is 4.74 Å². The second-order valence-corrected chi connectivity index (χ2v) is 5.70. The summed E-state index contributed by atoms with van der Waals surface area (Å²) in [5, 5.41) is 11.5. The van der Waals surface area contributed by atoms with Crippen LogP contribution < -0.4 is 10.1 Å². The molecule has 0 spiro atoms. The van der Waals surface area contributed by atoms with Crippen LogP contribution in [0.1, 0.15) is 23.9 Å². The van der Waals surface area contributed by atoms with Crippen LogP contribution in [0.25, 0.3) is 0 Å². The maximum Gasteiger partial charge on any atom is 0.146 e. The molecule has 20 heavy (non-hydrogen) atoms. The lowest BCUT2D eigenvalue weighted by molar-refractivity contribution is 0.352. The molecule has 1 aromatic carbocycles. The fourth-order valence-corrected chi connectivity index (χ4v) is 3.02. The molecule has 0 amide bonds.